The van der Waals surface area contributed by atoms with Crippen LogP contribution in [0.1, 0.15) is 0 Å². The zero-order valence-corrected chi connectivity index (χ0v) is 5.27. The Hall–Kier alpha value is -0.310. The molecule has 1 N–H and O–H groups in total. The van der Waals surface area contributed by atoms with Crippen LogP contribution in [0, 0.1) is 0 Å². The first kappa shape index (κ1) is 4.84. The fraction of sp³-hybridized carbons (Fsp3) is 0.250. The Labute approximate surface area is 50.5 Å². The van der Waals surface area contributed by atoms with E-state index in [0.29, 0.717) is 6.67 Å². The van der Waals surface area contributed by atoms with Crippen molar-refractivity contribution < 1.29 is 0 Å². The molecule has 1 aliphatic rings. The number of hydrogen-bond acceptors (Lipinski definition) is 2. The van der Waals surface area contributed by atoms with Crippen molar-refractivity contribution in [3.63, 3.8) is 0 Å². The van der Waals surface area contributed by atoms with Crippen molar-refractivity contribution in [3.05, 3.63) is 10.7 Å². The monoisotopic (exact) mass is 160 g/mol. The Morgan fingerprint density at radius 1 is 1.86 bits per heavy atom. The van der Waals surface area contributed by atoms with Crippen LogP contribution in [0.5, 0.6) is 0 Å². The third-order valence-corrected chi connectivity index (χ3v) is 1.07. The van der Waals surface area contributed by atoms with Gasteiger partial charge in [0.15, 0.2) is 0 Å². The minimum atomic E-state index is 0.703. The topological polar surface area (TPSA) is 24.4 Å². The smallest absolute Gasteiger partial charge is 0.107 e. The van der Waals surface area contributed by atoms with E-state index >= 15 is 0 Å². The van der Waals surface area contributed by atoms with Crippen LogP contribution < -0.4 is 5.32 Å². The van der Waals surface area contributed by atoms with Crippen LogP contribution in [-0.2, 0) is 0 Å². The number of aliphatic imine (C=N–C) groups is 1. The lowest BCUT2D eigenvalue weighted by molar-refractivity contribution is 0.878. The van der Waals surface area contributed by atoms with Crippen LogP contribution >= 0.6 is 15.9 Å². The second kappa shape index (κ2) is 2.12. The first-order valence-corrected chi connectivity index (χ1v) is 2.78. The molecular weight excluding hydrogens is 156 g/mol. The van der Waals surface area contributed by atoms with Gasteiger partial charge in [0.2, 0.25) is 0 Å². The van der Waals surface area contributed by atoms with E-state index in [-0.39, 0.29) is 0 Å². The minimum absolute atomic E-state index is 0.703. The third kappa shape index (κ3) is 1.31. The standard InChI is InChI=1S/C4H5BrN2/c5-4-1-6-3-7-2-4/h1-2,6H,3H2. The van der Waals surface area contributed by atoms with Crippen LogP contribution in [0.15, 0.2) is 15.7 Å². The number of nitrogens with zero attached hydrogens (tertiary/aromatic N) is 1. The largest absolute Gasteiger partial charge is 0.371 e. The van der Waals surface area contributed by atoms with E-state index in [1.54, 1.807) is 6.21 Å². The highest BCUT2D eigenvalue weighted by atomic mass is 79.9. The van der Waals surface area contributed by atoms with Gasteiger partial charge in [-0.3, -0.25) is 4.99 Å². The highest BCUT2D eigenvalue weighted by Gasteiger charge is 1.87. The van der Waals surface area contributed by atoms with Crippen molar-refractivity contribution in [1.82, 2.24) is 5.32 Å². The summed E-state index contributed by atoms with van der Waals surface area (Å²) in [5.74, 6) is 0. The summed E-state index contributed by atoms with van der Waals surface area (Å²) in [6.45, 7) is 0.703. The molecule has 0 aromatic heterocycles. The van der Waals surface area contributed by atoms with E-state index in [9.17, 15) is 0 Å². The lowest BCUT2D eigenvalue weighted by Gasteiger charge is -1.99. The van der Waals surface area contributed by atoms with E-state index in [2.05, 4.69) is 26.2 Å². The Morgan fingerprint density at radius 2 is 2.71 bits per heavy atom. The maximum absolute atomic E-state index is 3.91. The van der Waals surface area contributed by atoms with E-state index in [1.165, 1.54) is 0 Å². The zero-order chi connectivity index (χ0) is 5.11. The number of nitrogens with one attached hydrogen (secondary N) is 1. The molecule has 0 fully saturated rings. The molecule has 0 aromatic rings. The van der Waals surface area contributed by atoms with Crippen LogP contribution in [-0.4, -0.2) is 12.9 Å². The lowest BCUT2D eigenvalue weighted by atomic mass is 10.6. The molecular formula is C4H5BrN2. The summed E-state index contributed by atoms with van der Waals surface area (Å²) < 4.78 is 0.999. The molecule has 0 unspecified atom stereocenters. The average molecular weight is 161 g/mol. The van der Waals surface area contributed by atoms with E-state index < -0.39 is 0 Å². The lowest BCUT2D eigenvalue weighted by Crippen LogP contribution is -2.08. The van der Waals surface area contributed by atoms with Gasteiger partial charge in [0.1, 0.15) is 6.67 Å². The van der Waals surface area contributed by atoms with Gasteiger partial charge in [-0.05, 0) is 15.9 Å². The van der Waals surface area contributed by atoms with Gasteiger partial charge in [-0.2, -0.15) is 0 Å². The van der Waals surface area contributed by atoms with Gasteiger partial charge >= 0.3 is 0 Å². The number of halogens is 1. The molecule has 0 atom stereocenters. The highest BCUT2D eigenvalue weighted by Crippen LogP contribution is 2.00. The molecule has 0 bridgehead atoms. The Kier molecular flexibility index (Phi) is 1.46. The molecule has 1 heterocycles. The SMILES string of the molecule is BrC1=CNCN=C1. The zero-order valence-electron chi connectivity index (χ0n) is 3.69. The van der Waals surface area contributed by atoms with Crippen LogP contribution in [0.3, 0.4) is 0 Å². The van der Waals surface area contributed by atoms with Crippen LogP contribution in [0.4, 0.5) is 0 Å². The fourth-order valence-electron chi connectivity index (χ4n) is 0.366. The summed E-state index contributed by atoms with van der Waals surface area (Å²) in [6, 6.07) is 0. The van der Waals surface area contributed by atoms with E-state index in [0.717, 1.165) is 4.48 Å². The molecule has 0 aliphatic carbocycles. The number of allylic oxidation sites excluding steroid dienone is 1. The molecule has 0 saturated heterocycles. The molecule has 0 spiro atoms. The van der Waals surface area contributed by atoms with E-state index in [1.807, 2.05) is 6.20 Å². The Balaban J connectivity index is 2.58. The van der Waals surface area contributed by atoms with Gasteiger partial charge in [0.25, 0.3) is 0 Å². The highest BCUT2D eigenvalue weighted by molar-refractivity contribution is 9.12. The summed E-state index contributed by atoms with van der Waals surface area (Å²) >= 11 is 3.24. The molecule has 7 heavy (non-hydrogen) atoms. The number of rotatable bonds is 0. The van der Waals surface area contributed by atoms with Crippen molar-refractivity contribution >= 4 is 22.1 Å². The van der Waals surface area contributed by atoms with Crippen molar-refractivity contribution in [2.24, 2.45) is 4.99 Å². The van der Waals surface area contributed by atoms with Crippen molar-refractivity contribution in [2.75, 3.05) is 6.67 Å². The van der Waals surface area contributed by atoms with Gasteiger partial charge in [0, 0.05) is 12.4 Å². The third-order valence-electron chi connectivity index (χ3n) is 0.637. The summed E-state index contributed by atoms with van der Waals surface area (Å²) in [5, 5.41) is 2.93. The summed E-state index contributed by atoms with van der Waals surface area (Å²) in [7, 11) is 0. The molecule has 0 saturated carbocycles. The first-order chi connectivity index (χ1) is 3.39. The van der Waals surface area contributed by atoms with Gasteiger partial charge in [-0.15, -0.1) is 0 Å². The summed E-state index contributed by atoms with van der Waals surface area (Å²) in [4.78, 5) is 3.91. The fourth-order valence-corrected chi connectivity index (χ4v) is 0.673. The number of hydrogen-bond donors (Lipinski definition) is 1. The summed E-state index contributed by atoms with van der Waals surface area (Å²) in [6.07, 6.45) is 3.64. The first-order valence-electron chi connectivity index (χ1n) is 1.98. The molecule has 3 heteroatoms. The molecule has 0 amide bonds. The van der Waals surface area contributed by atoms with Gasteiger partial charge in [-0.25, -0.2) is 0 Å². The van der Waals surface area contributed by atoms with Crippen molar-refractivity contribution in [1.29, 1.82) is 0 Å². The van der Waals surface area contributed by atoms with Gasteiger partial charge < -0.3 is 5.32 Å². The molecule has 2 nitrogen and oxygen atoms in total. The second-order valence-electron chi connectivity index (χ2n) is 1.20. The predicted octanol–water partition coefficient (Wildman–Crippen LogP) is 0.854. The van der Waals surface area contributed by atoms with Gasteiger partial charge in [0.05, 0.1) is 4.48 Å². The molecule has 38 valence electrons. The maximum Gasteiger partial charge on any atom is 0.107 e. The maximum atomic E-state index is 3.91. The van der Waals surface area contributed by atoms with Gasteiger partial charge in [-0.1, -0.05) is 0 Å². The Morgan fingerprint density at radius 3 is 3.00 bits per heavy atom. The average Bonchev–Trinajstić information content (AvgIpc) is 1.69. The van der Waals surface area contributed by atoms with Crippen LogP contribution in [0.2, 0.25) is 0 Å². The molecule has 0 aromatic carbocycles. The normalized spacial score (nSPS) is 18.1. The van der Waals surface area contributed by atoms with Crippen molar-refractivity contribution in [2.45, 2.75) is 0 Å². The Bertz CT molecular complexity index is 117. The predicted molar refractivity (Wildman–Crippen MR) is 33.5 cm³/mol. The quantitative estimate of drug-likeness (QED) is 0.559. The van der Waals surface area contributed by atoms with Crippen molar-refractivity contribution in [3.8, 4) is 0 Å². The van der Waals surface area contributed by atoms with E-state index in [4.69, 9.17) is 0 Å². The second-order valence-corrected chi connectivity index (χ2v) is 2.12. The molecule has 0 radical (unpaired) electrons. The summed E-state index contributed by atoms with van der Waals surface area (Å²) in [5.41, 5.74) is 0. The van der Waals surface area contributed by atoms with Crippen LogP contribution in [0.25, 0.3) is 0 Å². The minimum Gasteiger partial charge on any atom is -0.371 e. The molecule has 1 rings (SSSR count). The molecule has 1 aliphatic heterocycles.